The number of rotatable bonds is 8. The number of carbonyl (C=O) groups excluding carboxylic acids is 1. The Hall–Kier alpha value is -1.57. The zero-order valence-corrected chi connectivity index (χ0v) is 20.2. The molecule has 1 heterocycles. The highest BCUT2D eigenvalue weighted by atomic mass is 35.5. The molecular formula is C23H35Cl2N3O3. The molecule has 3 rings (SSSR count). The molecular weight excluding hydrogens is 437 g/mol. The van der Waals surface area contributed by atoms with E-state index in [4.69, 9.17) is 9.47 Å². The first-order valence-electron chi connectivity index (χ1n) is 10.4. The standard InChI is InChI=1S/C23H33N3O3.2ClH/c1-23(2,3)25-22(27)17-29-21-9-8-18-6-4-5-7-19(18)20(21)16-24-10-11-26-12-14-28-15-13-26;;/h4-9,24H,10-17H2,1-3H3,(H,25,27);2*1H. The number of hydrogen-bond donors (Lipinski definition) is 2. The van der Waals surface area contributed by atoms with Crippen molar-refractivity contribution >= 4 is 41.5 Å². The Kier molecular flexibility index (Phi) is 11.6. The lowest BCUT2D eigenvalue weighted by Crippen LogP contribution is -2.43. The SMILES string of the molecule is CC(C)(C)NC(=O)COc1ccc2ccccc2c1CNCCN1CCOCC1.Cl.Cl. The van der Waals surface area contributed by atoms with Gasteiger partial charge in [-0.3, -0.25) is 9.69 Å². The number of fused-ring (bicyclic) bond motifs is 1. The monoisotopic (exact) mass is 471 g/mol. The highest BCUT2D eigenvalue weighted by molar-refractivity contribution is 5.88. The van der Waals surface area contributed by atoms with Gasteiger partial charge in [0, 0.05) is 43.8 Å². The van der Waals surface area contributed by atoms with E-state index in [2.05, 4.69) is 27.7 Å². The molecule has 0 unspecified atom stereocenters. The predicted molar refractivity (Wildman–Crippen MR) is 131 cm³/mol. The molecule has 31 heavy (non-hydrogen) atoms. The molecule has 2 N–H and O–H groups in total. The van der Waals surface area contributed by atoms with E-state index in [1.54, 1.807) is 0 Å². The van der Waals surface area contributed by atoms with Crippen LogP contribution in [0.3, 0.4) is 0 Å². The largest absolute Gasteiger partial charge is 0.483 e. The van der Waals surface area contributed by atoms with Crippen molar-refractivity contribution in [3.63, 3.8) is 0 Å². The number of halogens is 2. The fourth-order valence-electron chi connectivity index (χ4n) is 3.51. The number of ether oxygens (including phenoxy) is 2. The van der Waals surface area contributed by atoms with Gasteiger partial charge >= 0.3 is 0 Å². The molecule has 2 aromatic carbocycles. The van der Waals surface area contributed by atoms with Gasteiger partial charge in [-0.15, -0.1) is 24.8 Å². The van der Waals surface area contributed by atoms with E-state index in [-0.39, 0.29) is 42.9 Å². The lowest BCUT2D eigenvalue weighted by Gasteiger charge is -2.26. The first-order valence-corrected chi connectivity index (χ1v) is 10.4. The van der Waals surface area contributed by atoms with Crippen molar-refractivity contribution < 1.29 is 14.3 Å². The summed E-state index contributed by atoms with van der Waals surface area (Å²) in [5.41, 5.74) is 0.821. The Morgan fingerprint density at radius 3 is 2.52 bits per heavy atom. The van der Waals surface area contributed by atoms with E-state index in [9.17, 15) is 4.79 Å². The van der Waals surface area contributed by atoms with Crippen LogP contribution in [-0.4, -0.2) is 62.3 Å². The minimum Gasteiger partial charge on any atom is -0.483 e. The van der Waals surface area contributed by atoms with Gasteiger partial charge in [-0.1, -0.05) is 30.3 Å². The number of nitrogens with zero attached hydrogens (tertiary/aromatic N) is 1. The first kappa shape index (κ1) is 27.5. The second kappa shape index (κ2) is 13.1. The van der Waals surface area contributed by atoms with Crippen LogP contribution in [0, 0.1) is 0 Å². The van der Waals surface area contributed by atoms with Crippen molar-refractivity contribution in [2.75, 3.05) is 46.0 Å². The van der Waals surface area contributed by atoms with Gasteiger partial charge in [0.25, 0.3) is 5.91 Å². The van der Waals surface area contributed by atoms with Crippen LogP contribution < -0.4 is 15.4 Å². The summed E-state index contributed by atoms with van der Waals surface area (Å²) in [5.74, 6) is 0.642. The van der Waals surface area contributed by atoms with E-state index >= 15 is 0 Å². The van der Waals surface area contributed by atoms with Crippen LogP contribution in [0.2, 0.25) is 0 Å². The third-order valence-corrected chi connectivity index (χ3v) is 4.88. The number of hydrogen-bond acceptors (Lipinski definition) is 5. The molecule has 174 valence electrons. The van der Waals surface area contributed by atoms with Gasteiger partial charge in [0.15, 0.2) is 6.61 Å². The average Bonchev–Trinajstić information content (AvgIpc) is 2.69. The van der Waals surface area contributed by atoms with Gasteiger partial charge in [-0.05, 0) is 37.6 Å². The van der Waals surface area contributed by atoms with Crippen molar-refractivity contribution in [2.24, 2.45) is 0 Å². The Balaban J connectivity index is 0.00000240. The summed E-state index contributed by atoms with van der Waals surface area (Å²) in [6.07, 6.45) is 0. The Labute approximate surface area is 197 Å². The summed E-state index contributed by atoms with van der Waals surface area (Å²) in [6.45, 7) is 12.1. The Morgan fingerprint density at radius 1 is 1.10 bits per heavy atom. The highest BCUT2D eigenvalue weighted by Crippen LogP contribution is 2.28. The maximum Gasteiger partial charge on any atom is 0.258 e. The maximum atomic E-state index is 12.2. The van der Waals surface area contributed by atoms with E-state index in [0.717, 1.165) is 56.1 Å². The molecule has 1 saturated heterocycles. The fourth-order valence-corrected chi connectivity index (χ4v) is 3.51. The summed E-state index contributed by atoms with van der Waals surface area (Å²) < 4.78 is 11.3. The second-order valence-corrected chi connectivity index (χ2v) is 8.48. The normalized spacial score (nSPS) is 14.4. The van der Waals surface area contributed by atoms with Crippen LogP contribution in [-0.2, 0) is 16.1 Å². The lowest BCUT2D eigenvalue weighted by molar-refractivity contribution is -0.124. The van der Waals surface area contributed by atoms with Crippen molar-refractivity contribution in [3.05, 3.63) is 42.0 Å². The highest BCUT2D eigenvalue weighted by Gasteiger charge is 2.16. The van der Waals surface area contributed by atoms with Gasteiger partial charge in [-0.25, -0.2) is 0 Å². The van der Waals surface area contributed by atoms with Gasteiger partial charge in [0.1, 0.15) is 5.75 Å². The van der Waals surface area contributed by atoms with Crippen molar-refractivity contribution in [3.8, 4) is 5.75 Å². The molecule has 1 aliphatic heterocycles. The first-order chi connectivity index (χ1) is 13.9. The summed E-state index contributed by atoms with van der Waals surface area (Å²) in [5, 5.41) is 8.81. The molecule has 0 spiro atoms. The van der Waals surface area contributed by atoms with E-state index < -0.39 is 0 Å². The summed E-state index contributed by atoms with van der Waals surface area (Å²) >= 11 is 0. The number of carbonyl (C=O) groups is 1. The smallest absolute Gasteiger partial charge is 0.258 e. The molecule has 1 aliphatic rings. The lowest BCUT2D eigenvalue weighted by atomic mass is 10.0. The third kappa shape index (κ3) is 8.83. The predicted octanol–water partition coefficient (Wildman–Crippen LogP) is 3.40. The molecule has 0 saturated carbocycles. The van der Waals surface area contributed by atoms with Crippen LogP contribution >= 0.6 is 24.8 Å². The number of nitrogens with one attached hydrogen (secondary N) is 2. The van der Waals surface area contributed by atoms with E-state index in [1.807, 2.05) is 45.0 Å². The van der Waals surface area contributed by atoms with Gasteiger partial charge in [-0.2, -0.15) is 0 Å². The van der Waals surface area contributed by atoms with Crippen LogP contribution in [0.5, 0.6) is 5.75 Å². The molecule has 0 aliphatic carbocycles. The molecule has 6 nitrogen and oxygen atoms in total. The molecule has 1 fully saturated rings. The minimum atomic E-state index is -0.270. The number of morpholine rings is 1. The Morgan fingerprint density at radius 2 is 1.81 bits per heavy atom. The molecule has 8 heteroatoms. The molecule has 0 aromatic heterocycles. The van der Waals surface area contributed by atoms with Crippen LogP contribution in [0.15, 0.2) is 36.4 Å². The third-order valence-electron chi connectivity index (χ3n) is 4.88. The second-order valence-electron chi connectivity index (χ2n) is 8.48. The van der Waals surface area contributed by atoms with Crippen molar-refractivity contribution in [1.82, 2.24) is 15.5 Å². The molecule has 0 atom stereocenters. The molecule has 0 radical (unpaired) electrons. The zero-order valence-electron chi connectivity index (χ0n) is 18.6. The summed E-state index contributed by atoms with van der Waals surface area (Å²) in [6, 6.07) is 12.3. The maximum absolute atomic E-state index is 12.2. The fraction of sp³-hybridized carbons (Fsp3) is 0.522. The van der Waals surface area contributed by atoms with Crippen LogP contribution in [0.1, 0.15) is 26.3 Å². The summed E-state index contributed by atoms with van der Waals surface area (Å²) in [7, 11) is 0. The topological polar surface area (TPSA) is 62.8 Å². The van der Waals surface area contributed by atoms with Gasteiger partial charge in [0.2, 0.25) is 0 Å². The molecule has 2 aromatic rings. The molecule has 0 bridgehead atoms. The molecule has 1 amide bonds. The van der Waals surface area contributed by atoms with Crippen LogP contribution in [0.25, 0.3) is 10.8 Å². The minimum absolute atomic E-state index is 0. The summed E-state index contributed by atoms with van der Waals surface area (Å²) in [4.78, 5) is 14.6. The van der Waals surface area contributed by atoms with Crippen molar-refractivity contribution in [1.29, 1.82) is 0 Å². The van der Waals surface area contributed by atoms with Gasteiger partial charge in [0.05, 0.1) is 13.2 Å². The number of amides is 1. The zero-order chi connectivity index (χ0) is 20.7. The average molecular weight is 472 g/mol. The quantitative estimate of drug-likeness (QED) is 0.577. The van der Waals surface area contributed by atoms with E-state index in [0.29, 0.717) is 6.54 Å². The van der Waals surface area contributed by atoms with Crippen LogP contribution in [0.4, 0.5) is 0 Å². The number of benzene rings is 2. The van der Waals surface area contributed by atoms with E-state index in [1.165, 1.54) is 5.39 Å². The van der Waals surface area contributed by atoms with Gasteiger partial charge < -0.3 is 20.1 Å². The Bertz CT molecular complexity index is 821. The van der Waals surface area contributed by atoms with Crippen molar-refractivity contribution in [2.45, 2.75) is 32.9 Å².